The Morgan fingerprint density at radius 3 is 2.41 bits per heavy atom. The molecule has 0 saturated heterocycles. The number of thioether (sulfide) groups is 1. The van der Waals surface area contributed by atoms with Gasteiger partial charge < -0.3 is 15.4 Å². The summed E-state index contributed by atoms with van der Waals surface area (Å²) >= 11 is 1.91. The van der Waals surface area contributed by atoms with Gasteiger partial charge in [0.05, 0.1) is 6.10 Å². The van der Waals surface area contributed by atoms with E-state index in [9.17, 15) is 0 Å². The molecule has 0 spiro atoms. The molecular formula is C16H34IN3OS. The third kappa shape index (κ3) is 11.8. The zero-order valence-corrected chi connectivity index (χ0v) is 17.4. The third-order valence-electron chi connectivity index (χ3n) is 3.81. The van der Waals surface area contributed by atoms with Crippen LogP contribution >= 0.6 is 35.7 Å². The molecule has 0 amide bonds. The van der Waals surface area contributed by atoms with Gasteiger partial charge in [-0.15, -0.1) is 24.0 Å². The molecule has 0 atom stereocenters. The van der Waals surface area contributed by atoms with Crippen molar-refractivity contribution in [3.8, 4) is 0 Å². The molecule has 0 aliphatic heterocycles. The third-order valence-corrected chi connectivity index (χ3v) is 4.51. The molecule has 0 unspecified atom stereocenters. The average Bonchev–Trinajstić information content (AvgIpc) is 2.53. The molecular weight excluding hydrogens is 409 g/mol. The predicted octanol–water partition coefficient (Wildman–Crippen LogP) is 3.65. The number of nitrogens with zero attached hydrogens (tertiary/aromatic N) is 1. The number of hydrogen-bond acceptors (Lipinski definition) is 3. The largest absolute Gasteiger partial charge is 0.378 e. The number of nitrogens with one attached hydrogen (secondary N) is 2. The van der Waals surface area contributed by atoms with Gasteiger partial charge in [-0.3, -0.25) is 4.99 Å². The van der Waals surface area contributed by atoms with Gasteiger partial charge in [-0.05, 0) is 44.1 Å². The lowest BCUT2D eigenvalue weighted by atomic mass is 9.98. The first-order valence-corrected chi connectivity index (χ1v) is 9.81. The number of rotatable bonds is 10. The Hall–Kier alpha value is 0.310. The van der Waals surface area contributed by atoms with Crippen molar-refractivity contribution in [3.05, 3.63) is 0 Å². The highest BCUT2D eigenvalue weighted by Crippen LogP contribution is 2.20. The van der Waals surface area contributed by atoms with Gasteiger partial charge in [0, 0.05) is 26.7 Å². The van der Waals surface area contributed by atoms with Crippen LogP contribution in [0.3, 0.4) is 0 Å². The molecule has 4 nitrogen and oxygen atoms in total. The van der Waals surface area contributed by atoms with Gasteiger partial charge >= 0.3 is 0 Å². The first-order chi connectivity index (χ1) is 10.4. The summed E-state index contributed by atoms with van der Waals surface area (Å²) < 4.78 is 5.92. The Morgan fingerprint density at radius 2 is 1.77 bits per heavy atom. The van der Waals surface area contributed by atoms with Gasteiger partial charge in [0.25, 0.3) is 0 Å². The van der Waals surface area contributed by atoms with E-state index in [1.54, 1.807) is 0 Å². The van der Waals surface area contributed by atoms with Gasteiger partial charge in [0.1, 0.15) is 0 Å². The minimum Gasteiger partial charge on any atom is -0.378 e. The summed E-state index contributed by atoms with van der Waals surface area (Å²) in [5.74, 6) is 2.16. The molecule has 1 rings (SSSR count). The highest BCUT2D eigenvalue weighted by molar-refractivity contribution is 14.0. The predicted molar refractivity (Wildman–Crippen MR) is 110 cm³/mol. The monoisotopic (exact) mass is 443 g/mol. The van der Waals surface area contributed by atoms with Gasteiger partial charge in [-0.2, -0.15) is 11.8 Å². The van der Waals surface area contributed by atoms with Crippen molar-refractivity contribution in [3.63, 3.8) is 0 Å². The highest BCUT2D eigenvalue weighted by atomic mass is 127. The lowest BCUT2D eigenvalue weighted by Crippen LogP contribution is -2.38. The molecule has 6 heteroatoms. The first kappa shape index (κ1) is 22.3. The standard InChI is InChI=1S/C16H33N3OS.HI/c1-17-16(18-11-6-7-14-21-2)19-12-8-13-20-15-9-4-3-5-10-15;/h15H,3-14H2,1-2H3,(H2,17,18,19);1H. The highest BCUT2D eigenvalue weighted by Gasteiger charge is 2.12. The zero-order chi connectivity index (χ0) is 15.2. The van der Waals surface area contributed by atoms with Crippen LogP contribution in [0.2, 0.25) is 0 Å². The molecule has 22 heavy (non-hydrogen) atoms. The van der Waals surface area contributed by atoms with E-state index < -0.39 is 0 Å². The molecule has 0 radical (unpaired) electrons. The van der Waals surface area contributed by atoms with Crippen molar-refractivity contribution in [1.82, 2.24) is 10.6 Å². The summed E-state index contributed by atoms with van der Waals surface area (Å²) in [5.41, 5.74) is 0. The van der Waals surface area contributed by atoms with E-state index in [1.165, 1.54) is 50.7 Å². The van der Waals surface area contributed by atoms with E-state index in [0.29, 0.717) is 6.10 Å². The molecule has 0 aromatic rings. The first-order valence-electron chi connectivity index (χ1n) is 8.42. The molecule has 0 aromatic heterocycles. The maximum Gasteiger partial charge on any atom is 0.190 e. The number of ether oxygens (including phenoxy) is 1. The number of hydrogen-bond donors (Lipinski definition) is 2. The molecule has 132 valence electrons. The Bertz CT molecular complexity index is 274. The number of halogens is 1. The molecule has 1 fully saturated rings. The fourth-order valence-corrected chi connectivity index (χ4v) is 3.05. The van der Waals surface area contributed by atoms with Crippen molar-refractivity contribution in [2.45, 2.75) is 57.5 Å². The van der Waals surface area contributed by atoms with Crippen LogP contribution in [0.15, 0.2) is 4.99 Å². The smallest absolute Gasteiger partial charge is 0.190 e. The van der Waals surface area contributed by atoms with Crippen LogP contribution in [0.5, 0.6) is 0 Å². The van der Waals surface area contributed by atoms with Gasteiger partial charge in [-0.1, -0.05) is 19.3 Å². The summed E-state index contributed by atoms with van der Waals surface area (Å²) in [5, 5.41) is 6.71. The molecule has 0 aromatic carbocycles. The minimum absolute atomic E-state index is 0. The fourth-order valence-electron chi connectivity index (χ4n) is 2.56. The normalized spacial score (nSPS) is 16.2. The molecule has 2 N–H and O–H groups in total. The van der Waals surface area contributed by atoms with Crippen LogP contribution in [0.25, 0.3) is 0 Å². The Balaban J connectivity index is 0.00000441. The summed E-state index contributed by atoms with van der Waals surface area (Å²) in [6.07, 6.45) is 12.8. The van der Waals surface area contributed by atoms with Crippen LogP contribution in [0, 0.1) is 0 Å². The number of guanidine groups is 1. The van der Waals surface area contributed by atoms with Gasteiger partial charge in [0.2, 0.25) is 0 Å². The van der Waals surface area contributed by atoms with E-state index in [2.05, 4.69) is 21.9 Å². The van der Waals surface area contributed by atoms with Crippen molar-refractivity contribution in [1.29, 1.82) is 0 Å². The van der Waals surface area contributed by atoms with Crippen LogP contribution in [0.4, 0.5) is 0 Å². The summed E-state index contributed by atoms with van der Waals surface area (Å²) in [6.45, 7) is 2.79. The second-order valence-electron chi connectivity index (χ2n) is 5.61. The second kappa shape index (κ2) is 16.2. The van der Waals surface area contributed by atoms with E-state index in [1.807, 2.05) is 18.8 Å². The quantitative estimate of drug-likeness (QED) is 0.234. The van der Waals surface area contributed by atoms with E-state index in [0.717, 1.165) is 32.1 Å². The lowest BCUT2D eigenvalue weighted by Gasteiger charge is -2.22. The van der Waals surface area contributed by atoms with Crippen LogP contribution in [0.1, 0.15) is 51.4 Å². The van der Waals surface area contributed by atoms with Crippen LogP contribution in [-0.2, 0) is 4.74 Å². The summed E-state index contributed by atoms with van der Waals surface area (Å²) in [4.78, 5) is 4.24. The maximum atomic E-state index is 5.92. The van der Waals surface area contributed by atoms with E-state index in [4.69, 9.17) is 4.74 Å². The average molecular weight is 443 g/mol. The molecule has 1 aliphatic carbocycles. The van der Waals surface area contributed by atoms with Crippen molar-refractivity contribution < 1.29 is 4.74 Å². The van der Waals surface area contributed by atoms with Crippen molar-refractivity contribution in [2.75, 3.05) is 38.8 Å². The summed E-state index contributed by atoms with van der Waals surface area (Å²) in [6, 6.07) is 0. The van der Waals surface area contributed by atoms with Crippen molar-refractivity contribution >= 4 is 41.7 Å². The Kier molecular flexibility index (Phi) is 16.4. The topological polar surface area (TPSA) is 45.7 Å². The minimum atomic E-state index is 0. The van der Waals surface area contributed by atoms with Crippen molar-refractivity contribution in [2.24, 2.45) is 4.99 Å². The van der Waals surface area contributed by atoms with Crippen LogP contribution in [-0.4, -0.2) is 50.8 Å². The number of aliphatic imine (C=N–C) groups is 1. The Morgan fingerprint density at radius 1 is 1.09 bits per heavy atom. The molecule has 1 saturated carbocycles. The molecule has 1 aliphatic rings. The summed E-state index contributed by atoms with van der Waals surface area (Å²) in [7, 11) is 1.83. The fraction of sp³-hybridized carbons (Fsp3) is 0.938. The maximum absolute atomic E-state index is 5.92. The van der Waals surface area contributed by atoms with E-state index >= 15 is 0 Å². The molecule has 0 bridgehead atoms. The molecule has 0 heterocycles. The second-order valence-corrected chi connectivity index (χ2v) is 6.60. The van der Waals surface area contributed by atoms with Crippen LogP contribution < -0.4 is 10.6 Å². The van der Waals surface area contributed by atoms with E-state index in [-0.39, 0.29) is 24.0 Å². The SMILES string of the molecule is CN=C(NCCCCSC)NCCCOC1CCCCC1.I. The Labute approximate surface area is 158 Å². The van der Waals surface area contributed by atoms with Gasteiger partial charge in [-0.25, -0.2) is 0 Å². The zero-order valence-electron chi connectivity index (χ0n) is 14.2. The van der Waals surface area contributed by atoms with Gasteiger partial charge in [0.15, 0.2) is 5.96 Å². The number of unbranched alkanes of at least 4 members (excludes halogenated alkanes) is 1. The lowest BCUT2D eigenvalue weighted by molar-refractivity contribution is 0.0277.